The summed E-state index contributed by atoms with van der Waals surface area (Å²) in [5.41, 5.74) is 1.98. The number of thioether (sulfide) groups is 1. The van der Waals surface area contributed by atoms with E-state index < -0.39 is 10.0 Å². The van der Waals surface area contributed by atoms with E-state index >= 15 is 0 Å². The highest BCUT2D eigenvalue weighted by Gasteiger charge is 2.32. The predicted molar refractivity (Wildman–Crippen MR) is 123 cm³/mol. The maximum atomic E-state index is 13.0. The molecule has 1 unspecified atom stereocenters. The Bertz CT molecular complexity index is 1170. The lowest BCUT2D eigenvalue weighted by atomic mass is 10.3. The Balaban J connectivity index is 1.41. The van der Waals surface area contributed by atoms with E-state index in [1.165, 1.54) is 16.1 Å². The van der Waals surface area contributed by atoms with Gasteiger partial charge in [0.25, 0.3) is 0 Å². The first-order valence-corrected chi connectivity index (χ1v) is 12.7. The minimum Gasteiger partial charge on any atom is -0.339 e. The van der Waals surface area contributed by atoms with Gasteiger partial charge in [-0.25, -0.2) is 13.4 Å². The van der Waals surface area contributed by atoms with Crippen molar-refractivity contribution in [2.75, 3.05) is 26.2 Å². The molecule has 1 saturated heterocycles. The Labute approximate surface area is 187 Å². The van der Waals surface area contributed by atoms with Gasteiger partial charge in [-0.3, -0.25) is 4.79 Å². The van der Waals surface area contributed by atoms with Crippen molar-refractivity contribution >= 4 is 38.7 Å². The molecule has 1 aliphatic heterocycles. The van der Waals surface area contributed by atoms with Gasteiger partial charge in [-0.2, -0.15) is 4.31 Å². The van der Waals surface area contributed by atoms with Gasteiger partial charge in [-0.15, -0.1) is 0 Å². The molecule has 4 rings (SSSR count). The summed E-state index contributed by atoms with van der Waals surface area (Å²) in [6.07, 6.45) is 0. The number of aryl methyl sites for hydroxylation is 1. The van der Waals surface area contributed by atoms with E-state index in [4.69, 9.17) is 4.98 Å². The molecule has 1 fully saturated rings. The minimum atomic E-state index is -3.53. The molecule has 7 nitrogen and oxygen atoms in total. The van der Waals surface area contributed by atoms with E-state index in [9.17, 15) is 13.2 Å². The summed E-state index contributed by atoms with van der Waals surface area (Å²) < 4.78 is 29.2. The molecule has 0 N–H and O–H groups in total. The lowest BCUT2D eigenvalue weighted by Crippen LogP contribution is -2.52. The topological polar surface area (TPSA) is 75.5 Å². The van der Waals surface area contributed by atoms with Crippen LogP contribution in [0.3, 0.4) is 0 Å². The number of amides is 1. The Kier molecular flexibility index (Phi) is 6.36. The fourth-order valence-corrected chi connectivity index (χ4v) is 6.32. The van der Waals surface area contributed by atoms with Crippen molar-refractivity contribution in [2.45, 2.75) is 35.7 Å². The molecule has 3 aromatic rings. The highest BCUT2D eigenvalue weighted by molar-refractivity contribution is 8.00. The fraction of sp³-hybridized carbons (Fsp3) is 0.364. The van der Waals surface area contributed by atoms with Gasteiger partial charge in [0.1, 0.15) is 0 Å². The molecule has 1 atom stereocenters. The average Bonchev–Trinajstić information content (AvgIpc) is 3.16. The van der Waals surface area contributed by atoms with E-state index in [0.29, 0.717) is 26.2 Å². The van der Waals surface area contributed by atoms with E-state index in [1.54, 1.807) is 35.2 Å². The Morgan fingerprint density at radius 1 is 1.03 bits per heavy atom. The number of hydrogen-bond acceptors (Lipinski definition) is 5. The molecule has 1 amide bonds. The summed E-state index contributed by atoms with van der Waals surface area (Å²) in [5.74, 6) is 0.0106. The van der Waals surface area contributed by atoms with Crippen molar-refractivity contribution in [3.63, 3.8) is 0 Å². The molecule has 0 aliphatic carbocycles. The van der Waals surface area contributed by atoms with Crippen molar-refractivity contribution in [2.24, 2.45) is 0 Å². The SMILES string of the molecule is CCn1c(SC(C)C(=O)N2CCN(S(=O)(=O)c3ccccc3)CC2)nc2ccccc21. The molecule has 1 aromatic heterocycles. The molecule has 164 valence electrons. The number of carbonyl (C=O) groups excluding carboxylic acids is 1. The van der Waals surface area contributed by atoms with Crippen LogP contribution in [-0.2, 0) is 21.4 Å². The predicted octanol–water partition coefficient (Wildman–Crippen LogP) is 3.07. The smallest absolute Gasteiger partial charge is 0.243 e. The highest BCUT2D eigenvalue weighted by atomic mass is 32.2. The number of hydrogen-bond donors (Lipinski definition) is 0. The van der Waals surface area contributed by atoms with Crippen LogP contribution in [0.2, 0.25) is 0 Å². The zero-order valence-electron chi connectivity index (χ0n) is 17.6. The summed E-state index contributed by atoms with van der Waals surface area (Å²) in [6, 6.07) is 16.4. The molecule has 0 spiro atoms. The van der Waals surface area contributed by atoms with E-state index in [1.807, 2.05) is 31.2 Å². The van der Waals surface area contributed by atoms with Gasteiger partial charge in [0.15, 0.2) is 5.16 Å². The van der Waals surface area contributed by atoms with Crippen LogP contribution in [0.4, 0.5) is 0 Å². The van der Waals surface area contributed by atoms with Crippen molar-refractivity contribution in [1.29, 1.82) is 0 Å². The third kappa shape index (κ3) is 4.35. The fourth-order valence-electron chi connectivity index (χ4n) is 3.80. The first kappa shape index (κ1) is 21.9. The normalized spacial score (nSPS) is 16.5. The second-order valence-corrected chi connectivity index (χ2v) is 10.7. The Morgan fingerprint density at radius 2 is 1.68 bits per heavy atom. The number of aromatic nitrogens is 2. The van der Waals surface area contributed by atoms with Gasteiger partial charge < -0.3 is 9.47 Å². The van der Waals surface area contributed by atoms with Gasteiger partial charge in [-0.05, 0) is 38.1 Å². The number of sulfonamides is 1. The van der Waals surface area contributed by atoms with E-state index in [0.717, 1.165) is 22.7 Å². The van der Waals surface area contributed by atoms with Crippen LogP contribution in [-0.4, -0.2) is 64.5 Å². The average molecular weight is 459 g/mol. The third-order valence-corrected chi connectivity index (χ3v) is 8.49. The first-order valence-electron chi connectivity index (χ1n) is 10.4. The number of imidazole rings is 1. The molecule has 0 bridgehead atoms. The van der Waals surface area contributed by atoms with Crippen LogP contribution in [0.15, 0.2) is 64.6 Å². The molecule has 1 aliphatic rings. The molecule has 0 radical (unpaired) electrons. The second-order valence-electron chi connectivity index (χ2n) is 7.43. The molecule has 9 heteroatoms. The molecule has 2 heterocycles. The minimum absolute atomic E-state index is 0.0106. The van der Waals surface area contributed by atoms with Crippen molar-refractivity contribution < 1.29 is 13.2 Å². The van der Waals surface area contributed by atoms with Crippen molar-refractivity contribution in [1.82, 2.24) is 18.8 Å². The van der Waals surface area contributed by atoms with Gasteiger partial charge in [-0.1, -0.05) is 42.1 Å². The summed E-state index contributed by atoms with van der Waals surface area (Å²) in [6.45, 7) is 6.11. The number of carbonyl (C=O) groups is 1. The summed E-state index contributed by atoms with van der Waals surface area (Å²) >= 11 is 1.45. The number of nitrogens with zero attached hydrogens (tertiary/aromatic N) is 4. The standard InChI is InChI=1S/C22H26N4O3S2/c1-3-26-20-12-8-7-11-19(20)23-22(26)30-17(2)21(27)24-13-15-25(16-14-24)31(28,29)18-9-5-4-6-10-18/h4-12,17H,3,13-16H2,1-2H3. The Morgan fingerprint density at radius 3 is 2.35 bits per heavy atom. The second kappa shape index (κ2) is 9.02. The zero-order chi connectivity index (χ0) is 22.0. The van der Waals surface area contributed by atoms with Crippen LogP contribution < -0.4 is 0 Å². The molecule has 2 aromatic carbocycles. The molecule has 0 saturated carbocycles. The van der Waals surface area contributed by atoms with Crippen molar-refractivity contribution in [3.8, 4) is 0 Å². The lowest BCUT2D eigenvalue weighted by Gasteiger charge is -2.35. The maximum absolute atomic E-state index is 13.0. The molecular formula is C22H26N4O3S2. The van der Waals surface area contributed by atoms with Crippen LogP contribution in [0.1, 0.15) is 13.8 Å². The third-order valence-electron chi connectivity index (χ3n) is 5.50. The Hall–Kier alpha value is -2.36. The largest absolute Gasteiger partial charge is 0.339 e. The van der Waals surface area contributed by atoms with Gasteiger partial charge in [0.2, 0.25) is 15.9 Å². The first-order chi connectivity index (χ1) is 14.9. The summed E-state index contributed by atoms with van der Waals surface area (Å²) in [7, 11) is -3.53. The number of piperazine rings is 1. The van der Waals surface area contributed by atoms with Crippen LogP contribution in [0.5, 0.6) is 0 Å². The quantitative estimate of drug-likeness (QED) is 0.531. The number of fused-ring (bicyclic) bond motifs is 1. The van der Waals surface area contributed by atoms with E-state index in [-0.39, 0.29) is 16.1 Å². The van der Waals surface area contributed by atoms with Gasteiger partial charge in [0.05, 0.1) is 21.2 Å². The maximum Gasteiger partial charge on any atom is 0.243 e. The van der Waals surface area contributed by atoms with Crippen LogP contribution in [0.25, 0.3) is 11.0 Å². The van der Waals surface area contributed by atoms with Gasteiger partial charge in [0, 0.05) is 32.7 Å². The summed E-state index contributed by atoms with van der Waals surface area (Å²) in [5, 5.41) is 0.522. The van der Waals surface area contributed by atoms with E-state index in [2.05, 4.69) is 11.5 Å². The number of rotatable bonds is 6. The molecular weight excluding hydrogens is 432 g/mol. The van der Waals surface area contributed by atoms with Crippen LogP contribution in [0, 0.1) is 0 Å². The van der Waals surface area contributed by atoms with Crippen LogP contribution >= 0.6 is 11.8 Å². The number of para-hydroxylation sites is 2. The number of benzene rings is 2. The molecule has 31 heavy (non-hydrogen) atoms. The monoisotopic (exact) mass is 458 g/mol. The highest BCUT2D eigenvalue weighted by Crippen LogP contribution is 2.28. The zero-order valence-corrected chi connectivity index (χ0v) is 19.3. The van der Waals surface area contributed by atoms with Crippen molar-refractivity contribution in [3.05, 3.63) is 54.6 Å². The lowest BCUT2D eigenvalue weighted by molar-refractivity contribution is -0.131. The summed E-state index contributed by atoms with van der Waals surface area (Å²) in [4.78, 5) is 19.8. The van der Waals surface area contributed by atoms with Gasteiger partial charge >= 0.3 is 0 Å².